The molecule has 2 heterocycles. The van der Waals surface area contributed by atoms with Gasteiger partial charge in [0.25, 0.3) is 0 Å². The molecule has 15 heavy (non-hydrogen) atoms. The molecule has 1 fully saturated rings. The molecule has 2 atom stereocenters. The number of nitrogens with one attached hydrogen (secondary N) is 2. The molecule has 0 amide bonds. The number of rotatable bonds is 4. The fourth-order valence-electron chi connectivity index (χ4n) is 1.97. The SMILES string of the molecule is CC1CNCC1CNCc1ccc(Cl)s1. The monoisotopic (exact) mass is 244 g/mol. The van der Waals surface area contributed by atoms with E-state index >= 15 is 0 Å². The Morgan fingerprint density at radius 2 is 2.40 bits per heavy atom. The first-order chi connectivity index (χ1) is 7.25. The molecule has 2 unspecified atom stereocenters. The van der Waals surface area contributed by atoms with Crippen molar-refractivity contribution in [2.45, 2.75) is 13.5 Å². The Kier molecular flexibility index (Phi) is 4.03. The van der Waals surface area contributed by atoms with E-state index in [1.165, 1.54) is 4.88 Å². The topological polar surface area (TPSA) is 24.1 Å². The highest BCUT2D eigenvalue weighted by molar-refractivity contribution is 7.16. The smallest absolute Gasteiger partial charge is 0.0931 e. The normalized spacial score (nSPS) is 26.0. The van der Waals surface area contributed by atoms with Crippen LogP contribution in [0.15, 0.2) is 12.1 Å². The Hall–Kier alpha value is -0.0900. The van der Waals surface area contributed by atoms with Crippen molar-refractivity contribution in [2.24, 2.45) is 11.8 Å². The zero-order valence-corrected chi connectivity index (χ0v) is 10.5. The molecule has 0 saturated carbocycles. The van der Waals surface area contributed by atoms with Gasteiger partial charge >= 0.3 is 0 Å². The van der Waals surface area contributed by atoms with Crippen molar-refractivity contribution >= 4 is 22.9 Å². The van der Waals surface area contributed by atoms with Crippen LogP contribution in [0, 0.1) is 11.8 Å². The molecule has 4 heteroatoms. The van der Waals surface area contributed by atoms with Gasteiger partial charge in [0.1, 0.15) is 0 Å². The molecule has 0 bridgehead atoms. The zero-order valence-electron chi connectivity index (χ0n) is 8.92. The van der Waals surface area contributed by atoms with E-state index in [0.717, 1.165) is 42.4 Å². The van der Waals surface area contributed by atoms with Gasteiger partial charge in [-0.2, -0.15) is 0 Å². The first-order valence-electron chi connectivity index (χ1n) is 5.41. The summed E-state index contributed by atoms with van der Waals surface area (Å²) in [6.45, 7) is 6.68. The maximum absolute atomic E-state index is 5.87. The Bertz CT molecular complexity index is 313. The second-order valence-electron chi connectivity index (χ2n) is 4.23. The van der Waals surface area contributed by atoms with Crippen LogP contribution < -0.4 is 10.6 Å². The third-order valence-electron chi connectivity index (χ3n) is 3.01. The summed E-state index contributed by atoms with van der Waals surface area (Å²) >= 11 is 7.53. The molecule has 0 radical (unpaired) electrons. The number of halogens is 1. The van der Waals surface area contributed by atoms with Gasteiger partial charge in [0.05, 0.1) is 4.34 Å². The van der Waals surface area contributed by atoms with Crippen molar-refractivity contribution in [2.75, 3.05) is 19.6 Å². The molecule has 2 N–H and O–H groups in total. The van der Waals surface area contributed by atoms with E-state index in [2.05, 4.69) is 23.6 Å². The molecule has 2 nitrogen and oxygen atoms in total. The third kappa shape index (κ3) is 3.18. The van der Waals surface area contributed by atoms with E-state index in [-0.39, 0.29) is 0 Å². The van der Waals surface area contributed by atoms with Gasteiger partial charge < -0.3 is 10.6 Å². The highest BCUT2D eigenvalue weighted by Crippen LogP contribution is 2.21. The van der Waals surface area contributed by atoms with E-state index in [9.17, 15) is 0 Å². The molecule has 2 rings (SSSR count). The van der Waals surface area contributed by atoms with E-state index in [0.29, 0.717) is 0 Å². The summed E-state index contributed by atoms with van der Waals surface area (Å²) in [5.74, 6) is 1.57. The van der Waals surface area contributed by atoms with Gasteiger partial charge in [-0.15, -0.1) is 11.3 Å². The Labute approximate surface area is 100 Å². The van der Waals surface area contributed by atoms with Gasteiger partial charge in [-0.05, 0) is 43.6 Å². The number of hydrogen-bond acceptors (Lipinski definition) is 3. The second kappa shape index (κ2) is 5.30. The van der Waals surface area contributed by atoms with Crippen molar-refractivity contribution in [1.29, 1.82) is 0 Å². The minimum atomic E-state index is 0.778. The summed E-state index contributed by atoms with van der Waals surface area (Å²) in [6, 6.07) is 4.05. The second-order valence-corrected chi connectivity index (χ2v) is 6.03. The van der Waals surface area contributed by atoms with E-state index in [4.69, 9.17) is 11.6 Å². The summed E-state index contributed by atoms with van der Waals surface area (Å²) in [7, 11) is 0. The summed E-state index contributed by atoms with van der Waals surface area (Å²) < 4.78 is 0.878. The maximum Gasteiger partial charge on any atom is 0.0931 e. The van der Waals surface area contributed by atoms with E-state index < -0.39 is 0 Å². The molecule has 84 valence electrons. The van der Waals surface area contributed by atoms with Gasteiger partial charge in [-0.3, -0.25) is 0 Å². The van der Waals surface area contributed by atoms with Crippen LogP contribution in [-0.4, -0.2) is 19.6 Å². The largest absolute Gasteiger partial charge is 0.316 e. The van der Waals surface area contributed by atoms with Crippen molar-refractivity contribution in [3.63, 3.8) is 0 Å². The maximum atomic E-state index is 5.87. The lowest BCUT2D eigenvalue weighted by Crippen LogP contribution is -2.26. The molecule has 1 aromatic rings. The van der Waals surface area contributed by atoms with Gasteiger partial charge in [0.15, 0.2) is 0 Å². The predicted octanol–water partition coefficient (Wildman–Crippen LogP) is 2.35. The van der Waals surface area contributed by atoms with Gasteiger partial charge in [0, 0.05) is 11.4 Å². The fraction of sp³-hybridized carbons (Fsp3) is 0.636. The first-order valence-corrected chi connectivity index (χ1v) is 6.61. The van der Waals surface area contributed by atoms with Crippen LogP contribution in [0.4, 0.5) is 0 Å². The lowest BCUT2D eigenvalue weighted by Gasteiger charge is -2.14. The molecular weight excluding hydrogens is 228 g/mol. The Balaban J connectivity index is 1.70. The summed E-state index contributed by atoms with van der Waals surface area (Å²) in [6.07, 6.45) is 0. The van der Waals surface area contributed by atoms with Gasteiger partial charge in [-0.1, -0.05) is 18.5 Å². The molecule has 0 aliphatic carbocycles. The summed E-state index contributed by atoms with van der Waals surface area (Å²) in [5, 5.41) is 6.92. The van der Waals surface area contributed by atoms with E-state index in [1.54, 1.807) is 11.3 Å². The van der Waals surface area contributed by atoms with Crippen LogP contribution >= 0.6 is 22.9 Å². The predicted molar refractivity (Wildman–Crippen MR) is 66.6 cm³/mol. The molecule has 1 aliphatic rings. The first kappa shape index (κ1) is 11.4. The zero-order chi connectivity index (χ0) is 10.7. The van der Waals surface area contributed by atoms with Crippen LogP contribution in [0.3, 0.4) is 0 Å². The molecule has 1 aromatic heterocycles. The van der Waals surface area contributed by atoms with Crippen molar-refractivity contribution in [1.82, 2.24) is 10.6 Å². The highest BCUT2D eigenvalue weighted by Gasteiger charge is 2.22. The fourth-order valence-corrected chi connectivity index (χ4v) is 3.02. The quantitative estimate of drug-likeness (QED) is 0.850. The van der Waals surface area contributed by atoms with Crippen LogP contribution in [-0.2, 0) is 6.54 Å². The number of thiophene rings is 1. The average molecular weight is 245 g/mol. The van der Waals surface area contributed by atoms with Crippen molar-refractivity contribution in [3.05, 3.63) is 21.3 Å². The minimum Gasteiger partial charge on any atom is -0.316 e. The third-order valence-corrected chi connectivity index (χ3v) is 4.24. The lowest BCUT2D eigenvalue weighted by atomic mass is 9.98. The Morgan fingerprint density at radius 1 is 1.53 bits per heavy atom. The van der Waals surface area contributed by atoms with Crippen LogP contribution in [0.5, 0.6) is 0 Å². The molecule has 1 saturated heterocycles. The molecule has 1 aliphatic heterocycles. The molecule has 0 spiro atoms. The molecular formula is C11H17ClN2S. The minimum absolute atomic E-state index is 0.778. The molecule has 0 aromatic carbocycles. The van der Waals surface area contributed by atoms with Gasteiger partial charge in [-0.25, -0.2) is 0 Å². The van der Waals surface area contributed by atoms with Gasteiger partial charge in [0.2, 0.25) is 0 Å². The van der Waals surface area contributed by atoms with Crippen LogP contribution in [0.2, 0.25) is 4.34 Å². The highest BCUT2D eigenvalue weighted by atomic mass is 35.5. The van der Waals surface area contributed by atoms with Crippen LogP contribution in [0.25, 0.3) is 0 Å². The Morgan fingerprint density at radius 3 is 3.00 bits per heavy atom. The van der Waals surface area contributed by atoms with E-state index in [1.807, 2.05) is 6.07 Å². The van der Waals surface area contributed by atoms with Crippen molar-refractivity contribution in [3.8, 4) is 0 Å². The van der Waals surface area contributed by atoms with Crippen molar-refractivity contribution < 1.29 is 0 Å². The number of hydrogen-bond donors (Lipinski definition) is 2. The summed E-state index contributed by atoms with van der Waals surface area (Å²) in [5.41, 5.74) is 0. The standard InChI is InChI=1S/C11H17ClN2S/c1-8-4-13-5-9(8)6-14-7-10-2-3-11(12)15-10/h2-3,8-9,13-14H,4-7H2,1H3. The lowest BCUT2D eigenvalue weighted by molar-refractivity contribution is 0.421. The van der Waals surface area contributed by atoms with Crippen LogP contribution in [0.1, 0.15) is 11.8 Å². The average Bonchev–Trinajstić information content (AvgIpc) is 2.77. The summed E-state index contributed by atoms with van der Waals surface area (Å²) in [4.78, 5) is 1.32.